The van der Waals surface area contributed by atoms with Gasteiger partial charge in [-0.15, -0.1) is 0 Å². The number of hydrogen-bond acceptors (Lipinski definition) is 10. The van der Waals surface area contributed by atoms with E-state index < -0.39 is 77.0 Å². The molecular formula is C74H73NO9. The number of ether oxygens (including phenoxy) is 1. The number of ketones is 2. The first-order chi connectivity index (χ1) is 40.7. The van der Waals surface area contributed by atoms with Crippen LogP contribution in [0.4, 0.5) is 0 Å². The maximum Gasteiger partial charge on any atom is 0.160 e. The first-order valence-corrected chi connectivity index (χ1v) is 31.5. The number of hydrogen-bond donors (Lipinski definition) is 7. The van der Waals surface area contributed by atoms with Crippen LogP contribution in [0, 0.1) is 99.6 Å². The van der Waals surface area contributed by atoms with Gasteiger partial charge in [-0.25, -0.2) is 0 Å². The monoisotopic (exact) mass is 1120 g/mol. The molecule has 1 aliphatic heterocycles. The summed E-state index contributed by atoms with van der Waals surface area (Å²) in [5.41, 5.74) is 11.3. The second-order valence-corrected chi connectivity index (χ2v) is 28.3. The van der Waals surface area contributed by atoms with Crippen molar-refractivity contribution in [2.75, 3.05) is 13.7 Å². The Morgan fingerprint density at radius 3 is 2.56 bits per heavy atom. The lowest BCUT2D eigenvalue weighted by Crippen LogP contribution is -2.78. The molecule has 0 amide bonds. The smallest absolute Gasteiger partial charge is 0.160 e. The molecule has 12 aliphatic rings. The van der Waals surface area contributed by atoms with Gasteiger partial charge in [-0.3, -0.25) is 9.59 Å². The zero-order valence-corrected chi connectivity index (χ0v) is 47.8. The quantitative estimate of drug-likeness (QED) is 0.0559. The van der Waals surface area contributed by atoms with Gasteiger partial charge in [0.1, 0.15) is 11.6 Å². The number of phenolic OH excluding ortho intramolecular Hbond substituents is 3. The van der Waals surface area contributed by atoms with Crippen molar-refractivity contribution in [3.8, 4) is 46.7 Å². The van der Waals surface area contributed by atoms with E-state index in [1.54, 1.807) is 19.1 Å². The lowest BCUT2D eigenvalue weighted by molar-refractivity contribution is -0.185. The molecular weight excluding hydrogens is 1050 g/mol. The normalized spacial score (nSPS) is 40.4. The van der Waals surface area contributed by atoms with E-state index in [-0.39, 0.29) is 81.5 Å². The Kier molecular flexibility index (Phi) is 11.2. The summed E-state index contributed by atoms with van der Waals surface area (Å²) >= 11 is 0. The Hall–Kier alpha value is -6.66. The van der Waals surface area contributed by atoms with Crippen molar-refractivity contribution in [2.45, 2.75) is 132 Å². The van der Waals surface area contributed by atoms with Crippen LogP contribution in [0.3, 0.4) is 0 Å². The van der Waals surface area contributed by atoms with Crippen molar-refractivity contribution >= 4 is 17.6 Å². The summed E-state index contributed by atoms with van der Waals surface area (Å²) in [5, 5.41) is 79.1. The van der Waals surface area contributed by atoms with Gasteiger partial charge >= 0.3 is 0 Å². The third-order valence-electron chi connectivity index (χ3n) is 25.3. The van der Waals surface area contributed by atoms with Gasteiger partial charge in [0, 0.05) is 88.7 Å². The van der Waals surface area contributed by atoms with Gasteiger partial charge in [0.2, 0.25) is 0 Å². The molecule has 16 rings (SSSR count). The molecule has 10 heteroatoms. The highest BCUT2D eigenvalue weighted by Crippen LogP contribution is 2.83. The van der Waals surface area contributed by atoms with E-state index in [0.29, 0.717) is 62.6 Å². The maximum atomic E-state index is 17.5. The van der Waals surface area contributed by atoms with Gasteiger partial charge in [-0.2, -0.15) is 0 Å². The molecule has 7 N–H and O–H groups in total. The predicted octanol–water partition coefficient (Wildman–Crippen LogP) is 9.97. The number of aliphatic hydroxyl groups excluding tert-OH is 3. The minimum Gasteiger partial charge on any atom is -0.504 e. The zero-order chi connectivity index (χ0) is 57.0. The van der Waals surface area contributed by atoms with E-state index in [9.17, 15) is 30.3 Å². The van der Waals surface area contributed by atoms with Crippen molar-refractivity contribution in [3.05, 3.63) is 157 Å². The molecule has 11 aliphatic carbocycles. The third kappa shape index (κ3) is 6.70. The van der Waals surface area contributed by atoms with Gasteiger partial charge in [0.25, 0.3) is 0 Å². The number of rotatable bonds is 6. The van der Waals surface area contributed by atoms with E-state index in [1.807, 2.05) is 30.3 Å². The number of carbonyl (C=O) groups excluding carboxylic acids is 2. The fourth-order valence-electron chi connectivity index (χ4n) is 22.4. The molecule has 4 saturated carbocycles. The standard InChI is InChI=1S/C74H73NO9/c1-36(77)39-10-6-12-48-50-24-44-20-38-19-43(22-39)47-16-15-41-23-54-66(49-29-63(84-2)62(81)25-45(49)34-76)40(18-37-8-4-3-5-9-37)13-14-42-33-75-65-32-57(48)73-35-72(17-7-11-46(72)26-56(73)51(50)27-59(44)78)55-31-64(73)74(65,58-30-61(80)60(79)28-53(55)58)69(42)71(83)68(70(54)82)67(41)52(47)21-38/h3-5,8-9,15-16,19,21,24-26,28-30,39-42,46,51,54-55,57,59,64-69,71,75-76,78-81,83H,7,10-11,17-18,20,22-23,27,31-35H2,1-2H3. The molecule has 5 fully saturated rings. The lowest BCUT2D eigenvalue weighted by Gasteiger charge is -2.77. The topological polar surface area (TPSA) is 177 Å². The van der Waals surface area contributed by atoms with Crippen LogP contribution in [0.2, 0.25) is 0 Å². The Morgan fingerprint density at radius 2 is 1.74 bits per heavy atom. The summed E-state index contributed by atoms with van der Waals surface area (Å²) in [6, 6.07) is 21.6. The predicted molar refractivity (Wildman–Crippen MR) is 316 cm³/mol. The number of Topliss-reactive ketones (excluding diaryl/α,β-unsaturated/α-hetero) is 2. The molecule has 428 valence electrons. The molecule has 10 nitrogen and oxygen atoms in total. The number of fused-ring (bicyclic) bond motifs is 15. The lowest BCUT2D eigenvalue weighted by atomic mass is 9.27. The molecule has 20 unspecified atom stereocenters. The Bertz CT molecular complexity index is 3860. The van der Waals surface area contributed by atoms with Crippen LogP contribution in [0.25, 0.3) is 6.08 Å². The summed E-state index contributed by atoms with van der Waals surface area (Å²) in [7, 11) is 1.51. The molecule has 4 aromatic rings. The number of aromatic hydroxyl groups is 3. The molecule has 20 atom stereocenters. The van der Waals surface area contributed by atoms with Crippen LogP contribution in [0.1, 0.15) is 133 Å². The van der Waals surface area contributed by atoms with Gasteiger partial charge in [0.05, 0.1) is 31.8 Å². The van der Waals surface area contributed by atoms with E-state index >= 15 is 9.90 Å². The number of nitrogens with one attached hydrogen (secondary N) is 1. The largest absolute Gasteiger partial charge is 0.504 e. The van der Waals surface area contributed by atoms with Gasteiger partial charge in [-0.05, 0) is 186 Å². The van der Waals surface area contributed by atoms with Crippen LogP contribution in [-0.2, 0) is 40.9 Å². The van der Waals surface area contributed by atoms with E-state index in [0.717, 1.165) is 82.2 Å². The Morgan fingerprint density at radius 1 is 0.893 bits per heavy atom. The van der Waals surface area contributed by atoms with Crippen LogP contribution in [0.15, 0.2) is 107 Å². The Balaban J connectivity index is 1.02. The summed E-state index contributed by atoms with van der Waals surface area (Å²) in [4.78, 5) is 31.6. The van der Waals surface area contributed by atoms with E-state index in [2.05, 4.69) is 77.6 Å². The highest BCUT2D eigenvalue weighted by molar-refractivity contribution is 5.89. The number of phenols is 3. The maximum absolute atomic E-state index is 17.5. The highest BCUT2D eigenvalue weighted by atomic mass is 16.5. The fraction of sp³-hybridized carbons (Fsp3) is 0.486. The number of allylic oxidation sites excluding steroid dienone is 6. The molecule has 84 heavy (non-hydrogen) atoms. The van der Waals surface area contributed by atoms with Crippen molar-refractivity contribution in [2.24, 2.45) is 75.9 Å². The average molecular weight is 1120 g/mol. The first-order valence-electron chi connectivity index (χ1n) is 31.5. The molecule has 1 heterocycles. The highest BCUT2D eigenvalue weighted by Gasteiger charge is 2.79. The first kappa shape index (κ1) is 51.7. The van der Waals surface area contributed by atoms with Gasteiger partial charge in [-0.1, -0.05) is 102 Å². The summed E-state index contributed by atoms with van der Waals surface area (Å²) in [6.45, 7) is 1.73. The average Bonchev–Trinajstić information content (AvgIpc) is 0.851. The van der Waals surface area contributed by atoms with E-state index in [4.69, 9.17) is 4.74 Å². The second-order valence-electron chi connectivity index (χ2n) is 28.3. The van der Waals surface area contributed by atoms with Crippen molar-refractivity contribution in [1.29, 1.82) is 0 Å². The number of piperidine rings is 1. The summed E-state index contributed by atoms with van der Waals surface area (Å²) < 4.78 is 5.85. The number of carbonyl (C=O) groups is 2. The number of methoxy groups -OCH3 is 1. The minimum atomic E-state index is -1.26. The molecule has 1 saturated heterocycles. The molecule has 3 spiro atoms. The summed E-state index contributed by atoms with van der Waals surface area (Å²) in [6.07, 6.45) is 15.8. The molecule has 0 radical (unpaired) electrons. The fourth-order valence-corrected chi connectivity index (χ4v) is 22.4. The second kappa shape index (κ2) is 18.2. The van der Waals surface area contributed by atoms with Crippen molar-refractivity contribution < 1.29 is 45.0 Å². The Labute approximate surface area is 491 Å². The molecule has 0 aromatic heterocycles. The van der Waals surface area contributed by atoms with Crippen LogP contribution in [0.5, 0.6) is 23.0 Å². The minimum absolute atomic E-state index is 0.0452. The van der Waals surface area contributed by atoms with Crippen LogP contribution in [-0.4, -0.2) is 74.1 Å². The van der Waals surface area contributed by atoms with Crippen LogP contribution >= 0.6 is 0 Å². The zero-order valence-electron chi connectivity index (χ0n) is 47.8. The number of benzene rings is 4. The van der Waals surface area contributed by atoms with Gasteiger partial charge < -0.3 is 40.7 Å². The SMILES string of the molecule is COc1cc(C2C(Cc3ccccc3)C#CC3CNC4CC5C6=C7C=C8Cc9cc(c%10c(c9)C9C(C=C%10)CC2C(=O)C9C(O)C3C42c3cc(O)c(O)cc3C3CC2C52CC34CCCC4C=C2C7CC8O)CC(C(C)=O)CC#C6)c(CO)cc1O. The molecule has 4 aromatic carbocycles. The number of aliphatic hydroxyl groups is 3. The molecule has 10 bridgehead atoms. The third-order valence-corrected chi connectivity index (χ3v) is 25.3. The van der Waals surface area contributed by atoms with Crippen molar-refractivity contribution in [3.63, 3.8) is 0 Å². The van der Waals surface area contributed by atoms with Crippen molar-refractivity contribution in [1.82, 2.24) is 5.32 Å². The summed E-state index contributed by atoms with van der Waals surface area (Å²) in [5.74, 6) is 10.5. The van der Waals surface area contributed by atoms with Gasteiger partial charge in [0.15, 0.2) is 23.0 Å². The van der Waals surface area contributed by atoms with E-state index in [1.165, 1.54) is 18.3 Å². The van der Waals surface area contributed by atoms with Crippen LogP contribution < -0.4 is 10.1 Å².